The molecule has 1 fully saturated rings. The minimum absolute atomic E-state index is 0.0453. The van der Waals surface area contributed by atoms with Crippen molar-refractivity contribution in [1.82, 2.24) is 15.5 Å². The van der Waals surface area contributed by atoms with E-state index in [9.17, 15) is 14.4 Å². The summed E-state index contributed by atoms with van der Waals surface area (Å²) in [6, 6.07) is 4.23. The maximum Gasteiger partial charge on any atom is 0.325 e. The summed E-state index contributed by atoms with van der Waals surface area (Å²) in [4.78, 5) is 37.4. The minimum Gasteiger partial charge on any atom is -0.454 e. The zero-order chi connectivity index (χ0) is 18.0. The van der Waals surface area contributed by atoms with Crippen molar-refractivity contribution in [1.29, 1.82) is 0 Å². The quantitative estimate of drug-likeness (QED) is 0.752. The first-order valence-electron chi connectivity index (χ1n) is 8.24. The second-order valence-electron chi connectivity index (χ2n) is 6.37. The number of nitrogens with one attached hydrogen (secondary N) is 2. The smallest absolute Gasteiger partial charge is 0.325 e. The van der Waals surface area contributed by atoms with E-state index < -0.39 is 12.1 Å². The standard InChI is InChI=1S/C17H21N3O5/c1-10(2)18-15(21)6-4-12-16(22)20(17(23)19-12)8-11-3-5-13-14(7-11)25-9-24-13/h3,5,7,10,12H,4,6,8-9H2,1-2H3,(H,18,21)(H,19,23)/t12-/m0/s1. The molecular weight excluding hydrogens is 326 g/mol. The molecule has 1 atom stereocenters. The summed E-state index contributed by atoms with van der Waals surface area (Å²) < 4.78 is 10.5. The van der Waals surface area contributed by atoms with Crippen LogP contribution >= 0.6 is 0 Å². The molecule has 8 nitrogen and oxygen atoms in total. The Morgan fingerprint density at radius 2 is 2.08 bits per heavy atom. The van der Waals surface area contributed by atoms with Gasteiger partial charge in [-0.25, -0.2) is 4.79 Å². The van der Waals surface area contributed by atoms with Gasteiger partial charge in [0, 0.05) is 12.5 Å². The Kier molecular flexibility index (Phi) is 4.78. The SMILES string of the molecule is CC(C)NC(=O)CC[C@@H]1NC(=O)N(Cc2ccc3c(c2)OCO3)C1=O. The van der Waals surface area contributed by atoms with Gasteiger partial charge in [0.15, 0.2) is 11.5 Å². The zero-order valence-electron chi connectivity index (χ0n) is 14.2. The lowest BCUT2D eigenvalue weighted by molar-refractivity contribution is -0.128. The molecule has 4 amide bonds. The summed E-state index contributed by atoms with van der Waals surface area (Å²) in [5.74, 6) is 0.799. The fraction of sp³-hybridized carbons (Fsp3) is 0.471. The third kappa shape index (κ3) is 3.84. The fourth-order valence-corrected chi connectivity index (χ4v) is 2.81. The first-order valence-corrected chi connectivity index (χ1v) is 8.24. The Morgan fingerprint density at radius 1 is 1.32 bits per heavy atom. The monoisotopic (exact) mass is 347 g/mol. The Balaban J connectivity index is 1.59. The molecule has 0 aliphatic carbocycles. The molecule has 2 N–H and O–H groups in total. The Hall–Kier alpha value is -2.77. The van der Waals surface area contributed by atoms with E-state index in [0.29, 0.717) is 11.5 Å². The molecule has 0 radical (unpaired) electrons. The molecule has 8 heteroatoms. The van der Waals surface area contributed by atoms with E-state index in [4.69, 9.17) is 9.47 Å². The zero-order valence-corrected chi connectivity index (χ0v) is 14.2. The van der Waals surface area contributed by atoms with Gasteiger partial charge in [0.05, 0.1) is 6.54 Å². The van der Waals surface area contributed by atoms with Gasteiger partial charge in [-0.05, 0) is 38.0 Å². The van der Waals surface area contributed by atoms with Crippen LogP contribution in [0.2, 0.25) is 0 Å². The number of carbonyl (C=O) groups excluding carboxylic acids is 3. The molecule has 0 spiro atoms. The first kappa shape index (κ1) is 17.1. The second-order valence-corrected chi connectivity index (χ2v) is 6.37. The van der Waals surface area contributed by atoms with Gasteiger partial charge in [0.2, 0.25) is 12.7 Å². The van der Waals surface area contributed by atoms with E-state index in [1.54, 1.807) is 18.2 Å². The highest BCUT2D eigenvalue weighted by Gasteiger charge is 2.38. The van der Waals surface area contributed by atoms with Crippen LogP contribution in [0, 0.1) is 0 Å². The van der Waals surface area contributed by atoms with Crippen molar-refractivity contribution in [3.05, 3.63) is 23.8 Å². The average Bonchev–Trinajstić information content (AvgIpc) is 3.11. The average molecular weight is 347 g/mol. The van der Waals surface area contributed by atoms with Crippen LogP contribution in [0.1, 0.15) is 32.3 Å². The Labute approximate surface area is 145 Å². The summed E-state index contributed by atoms with van der Waals surface area (Å²) in [5, 5.41) is 5.40. The van der Waals surface area contributed by atoms with E-state index in [-0.39, 0.29) is 44.0 Å². The lowest BCUT2D eigenvalue weighted by Gasteiger charge is -2.13. The number of carbonyl (C=O) groups is 3. The largest absolute Gasteiger partial charge is 0.454 e. The third-order valence-corrected chi connectivity index (χ3v) is 3.99. The summed E-state index contributed by atoms with van der Waals surface area (Å²) in [7, 11) is 0. The first-order chi connectivity index (χ1) is 11.9. The molecule has 0 unspecified atom stereocenters. The van der Waals surface area contributed by atoms with Crippen LogP contribution in [0.25, 0.3) is 0 Å². The van der Waals surface area contributed by atoms with Crippen LogP contribution in [0.4, 0.5) is 4.79 Å². The van der Waals surface area contributed by atoms with Gasteiger partial charge in [-0.2, -0.15) is 0 Å². The van der Waals surface area contributed by atoms with Gasteiger partial charge in [-0.1, -0.05) is 6.07 Å². The molecule has 0 saturated carbocycles. The van der Waals surface area contributed by atoms with Crippen molar-refractivity contribution in [2.45, 2.75) is 45.3 Å². The molecule has 3 rings (SSSR count). The van der Waals surface area contributed by atoms with Gasteiger partial charge < -0.3 is 20.1 Å². The normalized spacial score (nSPS) is 18.7. The summed E-state index contributed by atoms with van der Waals surface area (Å²) >= 11 is 0. The van der Waals surface area contributed by atoms with Crippen LogP contribution < -0.4 is 20.1 Å². The molecular formula is C17H21N3O5. The number of fused-ring (bicyclic) bond motifs is 1. The highest BCUT2D eigenvalue weighted by molar-refractivity contribution is 6.04. The number of urea groups is 1. The van der Waals surface area contributed by atoms with E-state index in [1.807, 2.05) is 13.8 Å². The van der Waals surface area contributed by atoms with Crippen LogP contribution in [-0.2, 0) is 16.1 Å². The van der Waals surface area contributed by atoms with Gasteiger partial charge in [-0.15, -0.1) is 0 Å². The van der Waals surface area contributed by atoms with Crippen LogP contribution in [0.15, 0.2) is 18.2 Å². The fourth-order valence-electron chi connectivity index (χ4n) is 2.81. The van der Waals surface area contributed by atoms with E-state index >= 15 is 0 Å². The lowest BCUT2D eigenvalue weighted by Crippen LogP contribution is -2.34. The number of nitrogens with zero attached hydrogens (tertiary/aromatic N) is 1. The van der Waals surface area contributed by atoms with Crippen molar-refractivity contribution in [2.24, 2.45) is 0 Å². The predicted molar refractivity (Wildman–Crippen MR) is 87.9 cm³/mol. The van der Waals surface area contributed by atoms with Crippen LogP contribution in [0.3, 0.4) is 0 Å². The van der Waals surface area contributed by atoms with Crippen LogP contribution in [-0.4, -0.2) is 41.6 Å². The number of hydrogen-bond donors (Lipinski definition) is 2. The van der Waals surface area contributed by atoms with Gasteiger partial charge in [-0.3, -0.25) is 14.5 Å². The predicted octanol–water partition coefficient (Wildman–Crippen LogP) is 1.14. The molecule has 2 aliphatic rings. The van der Waals surface area contributed by atoms with Crippen molar-refractivity contribution in [3.63, 3.8) is 0 Å². The number of ether oxygens (including phenoxy) is 2. The van der Waals surface area contributed by atoms with Crippen molar-refractivity contribution < 1.29 is 23.9 Å². The summed E-state index contributed by atoms with van der Waals surface area (Å²) in [5.41, 5.74) is 0.769. The molecule has 1 aromatic rings. The van der Waals surface area contributed by atoms with Gasteiger partial charge >= 0.3 is 6.03 Å². The molecule has 1 saturated heterocycles. The molecule has 2 aliphatic heterocycles. The molecule has 2 heterocycles. The highest BCUT2D eigenvalue weighted by Crippen LogP contribution is 2.33. The second kappa shape index (κ2) is 7.00. The van der Waals surface area contributed by atoms with Crippen LogP contribution in [0.5, 0.6) is 11.5 Å². The van der Waals surface area contributed by atoms with E-state index in [2.05, 4.69) is 10.6 Å². The van der Waals surface area contributed by atoms with E-state index in [0.717, 1.165) is 10.5 Å². The highest BCUT2D eigenvalue weighted by atomic mass is 16.7. The molecule has 1 aromatic carbocycles. The molecule has 25 heavy (non-hydrogen) atoms. The van der Waals surface area contributed by atoms with E-state index in [1.165, 1.54) is 0 Å². The number of rotatable bonds is 6. The molecule has 0 bridgehead atoms. The number of benzene rings is 1. The Bertz CT molecular complexity index is 704. The summed E-state index contributed by atoms with van der Waals surface area (Å²) in [6.45, 7) is 4.05. The maximum atomic E-state index is 12.4. The Morgan fingerprint density at radius 3 is 2.84 bits per heavy atom. The number of amides is 4. The van der Waals surface area contributed by atoms with Gasteiger partial charge in [0.1, 0.15) is 6.04 Å². The molecule has 0 aromatic heterocycles. The number of hydrogen-bond acceptors (Lipinski definition) is 5. The molecule has 134 valence electrons. The third-order valence-electron chi connectivity index (χ3n) is 3.99. The summed E-state index contributed by atoms with van der Waals surface area (Å²) in [6.07, 6.45) is 0.466. The lowest BCUT2D eigenvalue weighted by atomic mass is 10.1. The number of imide groups is 1. The van der Waals surface area contributed by atoms with Crippen molar-refractivity contribution >= 4 is 17.8 Å². The van der Waals surface area contributed by atoms with Crippen molar-refractivity contribution in [3.8, 4) is 11.5 Å². The maximum absolute atomic E-state index is 12.4. The minimum atomic E-state index is -0.667. The topological polar surface area (TPSA) is 97.0 Å². The van der Waals surface area contributed by atoms with Gasteiger partial charge in [0.25, 0.3) is 5.91 Å². The van der Waals surface area contributed by atoms with Crippen molar-refractivity contribution in [2.75, 3.05) is 6.79 Å².